The van der Waals surface area contributed by atoms with E-state index in [1.54, 1.807) is 16.2 Å². The van der Waals surface area contributed by atoms with Gasteiger partial charge in [-0.15, -0.1) is 11.3 Å². The summed E-state index contributed by atoms with van der Waals surface area (Å²) < 4.78 is 5.44. The van der Waals surface area contributed by atoms with Gasteiger partial charge in [0.15, 0.2) is 0 Å². The van der Waals surface area contributed by atoms with Gasteiger partial charge in [0.1, 0.15) is 5.60 Å². The summed E-state index contributed by atoms with van der Waals surface area (Å²) in [5.74, 6) is 0.199. The number of thiophene rings is 1. The minimum absolute atomic E-state index is 0.199. The molecule has 3 heterocycles. The third-order valence-corrected chi connectivity index (χ3v) is 6.18. The molecule has 2 aliphatic heterocycles. The van der Waals surface area contributed by atoms with Crippen molar-refractivity contribution in [3.05, 3.63) is 21.9 Å². The maximum absolute atomic E-state index is 13.0. The van der Waals surface area contributed by atoms with E-state index in [0.29, 0.717) is 32.7 Å². The minimum atomic E-state index is -0.478. The monoisotopic (exact) mass is 393 g/mol. The van der Waals surface area contributed by atoms with E-state index < -0.39 is 5.60 Å². The second-order valence-electron chi connectivity index (χ2n) is 8.30. The van der Waals surface area contributed by atoms with Gasteiger partial charge >= 0.3 is 6.09 Å². The molecule has 27 heavy (non-hydrogen) atoms. The second-order valence-corrected chi connectivity index (χ2v) is 9.30. The average Bonchev–Trinajstić information content (AvgIpc) is 3.08. The summed E-state index contributed by atoms with van der Waals surface area (Å²) in [7, 11) is 0. The van der Waals surface area contributed by atoms with Crippen molar-refractivity contribution in [3.63, 3.8) is 0 Å². The Labute approximate surface area is 166 Å². The maximum Gasteiger partial charge on any atom is 0.410 e. The molecule has 0 aromatic carbocycles. The molecule has 2 amide bonds. The predicted octanol–water partition coefficient (Wildman–Crippen LogP) is 3.14. The SMILES string of the molecule is CCC1c2ccsc2CCN1C(=O)CN1CCN(C(=O)OC(C)(C)C)CC1. The lowest BCUT2D eigenvalue weighted by Gasteiger charge is -2.39. The van der Waals surface area contributed by atoms with Crippen LogP contribution in [-0.4, -0.2) is 71.6 Å². The highest BCUT2D eigenvalue weighted by Gasteiger charge is 2.32. The zero-order chi connectivity index (χ0) is 19.6. The first-order chi connectivity index (χ1) is 12.8. The lowest BCUT2D eigenvalue weighted by Crippen LogP contribution is -2.53. The van der Waals surface area contributed by atoms with E-state index >= 15 is 0 Å². The van der Waals surface area contributed by atoms with Crippen molar-refractivity contribution in [3.8, 4) is 0 Å². The second kappa shape index (κ2) is 8.19. The molecule has 0 saturated carbocycles. The minimum Gasteiger partial charge on any atom is -0.444 e. The van der Waals surface area contributed by atoms with Crippen LogP contribution >= 0.6 is 11.3 Å². The zero-order valence-corrected chi connectivity index (χ0v) is 17.7. The van der Waals surface area contributed by atoms with Gasteiger partial charge in [-0.2, -0.15) is 0 Å². The molecule has 150 valence electrons. The lowest BCUT2D eigenvalue weighted by molar-refractivity contribution is -0.135. The van der Waals surface area contributed by atoms with E-state index in [1.165, 1.54) is 10.4 Å². The van der Waals surface area contributed by atoms with E-state index in [0.717, 1.165) is 19.4 Å². The van der Waals surface area contributed by atoms with Crippen molar-refractivity contribution in [1.29, 1.82) is 0 Å². The third kappa shape index (κ3) is 4.82. The van der Waals surface area contributed by atoms with Crippen molar-refractivity contribution in [2.24, 2.45) is 0 Å². The molecular weight excluding hydrogens is 362 g/mol. The van der Waals surface area contributed by atoms with Crippen LogP contribution in [0.25, 0.3) is 0 Å². The highest BCUT2D eigenvalue weighted by Crippen LogP contribution is 2.35. The van der Waals surface area contributed by atoms with Crippen LogP contribution in [0.3, 0.4) is 0 Å². The Hall–Kier alpha value is -1.60. The van der Waals surface area contributed by atoms with Gasteiger partial charge in [-0.05, 0) is 50.6 Å². The van der Waals surface area contributed by atoms with Crippen molar-refractivity contribution in [1.82, 2.24) is 14.7 Å². The van der Waals surface area contributed by atoms with Gasteiger partial charge in [-0.1, -0.05) is 6.92 Å². The molecule has 1 aromatic heterocycles. The number of piperazine rings is 1. The van der Waals surface area contributed by atoms with Gasteiger partial charge < -0.3 is 14.5 Å². The number of carbonyl (C=O) groups excluding carboxylic acids is 2. The molecule has 0 bridgehead atoms. The fourth-order valence-electron chi connectivity index (χ4n) is 3.83. The Morgan fingerprint density at radius 1 is 1.19 bits per heavy atom. The quantitative estimate of drug-likeness (QED) is 0.792. The molecule has 1 fully saturated rings. The van der Waals surface area contributed by atoms with Gasteiger partial charge in [-0.3, -0.25) is 9.69 Å². The zero-order valence-electron chi connectivity index (χ0n) is 16.9. The summed E-state index contributed by atoms with van der Waals surface area (Å²) in [4.78, 5) is 32.5. The molecule has 3 rings (SSSR count). The Balaban J connectivity index is 1.52. The Morgan fingerprint density at radius 2 is 1.89 bits per heavy atom. The van der Waals surface area contributed by atoms with Crippen LogP contribution in [0.2, 0.25) is 0 Å². The van der Waals surface area contributed by atoms with Crippen LogP contribution in [0, 0.1) is 0 Å². The number of rotatable bonds is 3. The van der Waals surface area contributed by atoms with Crippen molar-refractivity contribution in [2.75, 3.05) is 39.3 Å². The number of nitrogens with zero attached hydrogens (tertiary/aromatic N) is 3. The standard InChI is InChI=1S/C20H31N3O3S/c1-5-16-15-7-13-27-17(15)6-8-23(16)18(24)14-21-9-11-22(12-10-21)19(25)26-20(2,3)4/h7,13,16H,5-6,8-12,14H2,1-4H3. The first kappa shape index (κ1) is 20.1. The van der Waals surface area contributed by atoms with Crippen LogP contribution in [0.4, 0.5) is 4.79 Å². The smallest absolute Gasteiger partial charge is 0.410 e. The number of fused-ring (bicyclic) bond motifs is 1. The summed E-state index contributed by atoms with van der Waals surface area (Å²) >= 11 is 1.80. The molecule has 0 N–H and O–H groups in total. The number of hydrogen-bond donors (Lipinski definition) is 0. The largest absolute Gasteiger partial charge is 0.444 e. The number of hydrogen-bond acceptors (Lipinski definition) is 5. The molecule has 0 spiro atoms. The molecule has 1 unspecified atom stereocenters. The Kier molecular flexibility index (Phi) is 6.11. The molecular formula is C20H31N3O3S. The van der Waals surface area contributed by atoms with Crippen molar-refractivity contribution >= 4 is 23.3 Å². The molecule has 1 aromatic rings. The topological polar surface area (TPSA) is 53.1 Å². The third-order valence-electron chi connectivity index (χ3n) is 5.18. The highest BCUT2D eigenvalue weighted by molar-refractivity contribution is 7.10. The van der Waals surface area contributed by atoms with Crippen LogP contribution < -0.4 is 0 Å². The molecule has 0 aliphatic carbocycles. The number of ether oxygens (including phenoxy) is 1. The van der Waals surface area contributed by atoms with Crippen molar-refractivity contribution < 1.29 is 14.3 Å². The summed E-state index contributed by atoms with van der Waals surface area (Å²) in [5.41, 5.74) is 0.852. The van der Waals surface area contributed by atoms with Gasteiger partial charge in [0, 0.05) is 37.6 Å². The summed E-state index contributed by atoms with van der Waals surface area (Å²) in [5, 5.41) is 2.14. The predicted molar refractivity (Wildman–Crippen MR) is 107 cm³/mol. The van der Waals surface area contributed by atoms with E-state index in [9.17, 15) is 9.59 Å². The first-order valence-electron chi connectivity index (χ1n) is 9.84. The lowest BCUT2D eigenvalue weighted by atomic mass is 9.97. The van der Waals surface area contributed by atoms with E-state index in [4.69, 9.17) is 4.74 Å². The van der Waals surface area contributed by atoms with Crippen LogP contribution in [0.1, 0.15) is 50.6 Å². The molecule has 0 radical (unpaired) electrons. The summed E-state index contributed by atoms with van der Waals surface area (Å²) in [6.07, 6.45) is 1.64. The van der Waals surface area contributed by atoms with Crippen molar-refractivity contribution in [2.45, 2.75) is 52.2 Å². The van der Waals surface area contributed by atoms with E-state index in [2.05, 4.69) is 28.2 Å². The molecule has 2 aliphatic rings. The summed E-state index contributed by atoms with van der Waals surface area (Å²) in [6, 6.07) is 2.38. The van der Waals surface area contributed by atoms with Gasteiger partial charge in [0.05, 0.1) is 12.6 Å². The van der Waals surface area contributed by atoms with Crippen LogP contribution in [-0.2, 0) is 16.0 Å². The fraction of sp³-hybridized carbons (Fsp3) is 0.700. The van der Waals surface area contributed by atoms with Gasteiger partial charge in [0.2, 0.25) is 5.91 Å². The molecule has 6 nitrogen and oxygen atoms in total. The fourth-order valence-corrected chi connectivity index (χ4v) is 4.76. The van der Waals surface area contributed by atoms with Gasteiger partial charge in [0.25, 0.3) is 0 Å². The first-order valence-corrected chi connectivity index (χ1v) is 10.7. The molecule has 1 saturated heterocycles. The Morgan fingerprint density at radius 3 is 2.52 bits per heavy atom. The summed E-state index contributed by atoms with van der Waals surface area (Å²) in [6.45, 7) is 11.6. The van der Waals surface area contributed by atoms with Crippen LogP contribution in [0.5, 0.6) is 0 Å². The van der Waals surface area contributed by atoms with Crippen LogP contribution in [0.15, 0.2) is 11.4 Å². The molecule has 1 atom stereocenters. The highest BCUT2D eigenvalue weighted by atomic mass is 32.1. The van der Waals surface area contributed by atoms with Gasteiger partial charge in [-0.25, -0.2) is 4.79 Å². The average molecular weight is 394 g/mol. The maximum atomic E-state index is 13.0. The number of amides is 2. The molecule has 7 heteroatoms. The van der Waals surface area contributed by atoms with E-state index in [-0.39, 0.29) is 18.0 Å². The normalized spacial score (nSPS) is 21.1. The van der Waals surface area contributed by atoms with E-state index in [1.807, 2.05) is 20.8 Å². The Bertz CT molecular complexity index is 674. The number of carbonyl (C=O) groups is 2.